The van der Waals surface area contributed by atoms with Crippen LogP contribution >= 0.6 is 22.6 Å². The van der Waals surface area contributed by atoms with Crippen LogP contribution in [-0.4, -0.2) is 34.3 Å². The molecule has 0 bridgehead atoms. The van der Waals surface area contributed by atoms with Crippen molar-refractivity contribution in [1.29, 1.82) is 0 Å². The van der Waals surface area contributed by atoms with Crippen molar-refractivity contribution in [2.24, 2.45) is 0 Å². The van der Waals surface area contributed by atoms with Crippen LogP contribution in [0.15, 0.2) is 47.4 Å². The average molecular weight is 529 g/mol. The van der Waals surface area contributed by atoms with Gasteiger partial charge in [-0.3, -0.25) is 9.55 Å². The molecule has 4 aromatic heterocycles. The van der Waals surface area contributed by atoms with E-state index in [1.807, 2.05) is 26.0 Å². The van der Waals surface area contributed by atoms with Gasteiger partial charge in [-0.1, -0.05) is 18.2 Å². The monoisotopic (exact) mass is 529 g/mol. The highest BCUT2D eigenvalue weighted by Crippen LogP contribution is 2.28. The maximum Gasteiger partial charge on any atom is 0.327 e. The number of rotatable bonds is 4. The van der Waals surface area contributed by atoms with Gasteiger partial charge >= 0.3 is 5.69 Å². The summed E-state index contributed by atoms with van der Waals surface area (Å²) < 4.78 is 18.1. The first-order valence-corrected chi connectivity index (χ1v) is 10.7. The number of fused-ring (bicyclic) bond motifs is 2. The molecule has 8 nitrogen and oxygen atoms in total. The van der Waals surface area contributed by atoms with Gasteiger partial charge in [0.05, 0.1) is 11.9 Å². The summed E-state index contributed by atoms with van der Waals surface area (Å²) in [5.74, 6) is 0.0720. The molecule has 1 aromatic carbocycles. The fourth-order valence-corrected chi connectivity index (χ4v) is 4.41. The molecule has 0 aliphatic rings. The summed E-state index contributed by atoms with van der Waals surface area (Å²) in [6, 6.07) is 10.2. The van der Waals surface area contributed by atoms with Crippen molar-refractivity contribution in [2.75, 3.05) is 0 Å². The van der Waals surface area contributed by atoms with Crippen LogP contribution in [0.2, 0.25) is 0 Å². The van der Waals surface area contributed by atoms with E-state index in [1.54, 1.807) is 33.6 Å². The molecule has 5 rings (SSSR count). The summed E-state index contributed by atoms with van der Waals surface area (Å²) in [6.45, 7) is 4.09. The molecular formula is C21H17FIN7O. The molecule has 0 spiro atoms. The third-order valence-electron chi connectivity index (χ3n) is 5.04. The zero-order chi connectivity index (χ0) is 21.7. The maximum atomic E-state index is 14.2. The van der Waals surface area contributed by atoms with Gasteiger partial charge in [0, 0.05) is 17.8 Å². The van der Waals surface area contributed by atoms with E-state index < -0.39 is 0 Å². The standard InChI is InChI=1S/C21H17FIN7O/c1-11(2)30-16-17(23)25-18(26-19(16)27-21(30)31)15-13-7-5-9-24-20(13)29(28-15)10-12-6-3-4-8-14(12)22/h3-9,11H,10H2,1-2H3,(H,25,26,27,31). The quantitative estimate of drug-likeness (QED) is 0.282. The van der Waals surface area contributed by atoms with E-state index in [-0.39, 0.29) is 24.1 Å². The second kappa shape index (κ2) is 7.52. The van der Waals surface area contributed by atoms with Gasteiger partial charge in [-0.05, 0) is 54.6 Å². The molecule has 156 valence electrons. The lowest BCUT2D eigenvalue weighted by atomic mass is 10.2. The summed E-state index contributed by atoms with van der Waals surface area (Å²) in [5.41, 5.74) is 2.52. The third kappa shape index (κ3) is 3.30. The van der Waals surface area contributed by atoms with Gasteiger partial charge in [0.15, 0.2) is 17.1 Å². The number of nitrogens with zero attached hydrogens (tertiary/aromatic N) is 6. The van der Waals surface area contributed by atoms with Crippen LogP contribution in [0, 0.1) is 9.52 Å². The number of imidazole rings is 1. The van der Waals surface area contributed by atoms with Gasteiger partial charge in [0.1, 0.15) is 20.7 Å². The van der Waals surface area contributed by atoms with E-state index in [0.29, 0.717) is 37.6 Å². The van der Waals surface area contributed by atoms with Crippen LogP contribution in [0.4, 0.5) is 4.39 Å². The van der Waals surface area contributed by atoms with Crippen molar-refractivity contribution in [3.63, 3.8) is 0 Å². The van der Waals surface area contributed by atoms with E-state index >= 15 is 0 Å². The molecule has 1 N–H and O–H groups in total. The van der Waals surface area contributed by atoms with Crippen molar-refractivity contribution in [2.45, 2.75) is 26.4 Å². The number of aromatic amines is 1. The van der Waals surface area contributed by atoms with E-state index in [0.717, 1.165) is 5.39 Å². The lowest BCUT2D eigenvalue weighted by molar-refractivity contribution is 0.589. The van der Waals surface area contributed by atoms with Crippen molar-refractivity contribution in [3.8, 4) is 11.5 Å². The van der Waals surface area contributed by atoms with Gasteiger partial charge in [-0.25, -0.2) is 28.8 Å². The highest BCUT2D eigenvalue weighted by molar-refractivity contribution is 14.1. The highest BCUT2D eigenvalue weighted by atomic mass is 127. The highest BCUT2D eigenvalue weighted by Gasteiger charge is 2.21. The third-order valence-corrected chi connectivity index (χ3v) is 5.79. The Kier molecular flexibility index (Phi) is 4.80. The minimum atomic E-state index is -0.302. The molecule has 0 atom stereocenters. The Morgan fingerprint density at radius 3 is 2.74 bits per heavy atom. The first kappa shape index (κ1) is 19.8. The van der Waals surface area contributed by atoms with E-state index in [2.05, 4.69) is 47.6 Å². The Labute approximate surface area is 189 Å². The summed E-state index contributed by atoms with van der Waals surface area (Å²) in [5, 5.41) is 5.42. The van der Waals surface area contributed by atoms with Crippen molar-refractivity contribution >= 4 is 44.8 Å². The number of pyridine rings is 1. The second-order valence-corrected chi connectivity index (χ2v) is 8.42. The molecule has 4 heterocycles. The fourth-order valence-electron chi connectivity index (χ4n) is 3.66. The molecule has 10 heteroatoms. The number of H-pyrrole nitrogens is 1. The summed E-state index contributed by atoms with van der Waals surface area (Å²) in [6.07, 6.45) is 1.67. The summed E-state index contributed by atoms with van der Waals surface area (Å²) in [7, 11) is 0. The summed E-state index contributed by atoms with van der Waals surface area (Å²) >= 11 is 2.11. The Balaban J connectivity index is 1.70. The number of aromatic nitrogens is 7. The van der Waals surface area contributed by atoms with Crippen molar-refractivity contribution in [3.05, 3.63) is 68.2 Å². The van der Waals surface area contributed by atoms with Crippen LogP contribution in [0.1, 0.15) is 25.5 Å². The first-order chi connectivity index (χ1) is 14.9. The molecule has 0 fully saturated rings. The van der Waals surface area contributed by atoms with Crippen molar-refractivity contribution in [1.82, 2.24) is 34.3 Å². The number of nitrogens with one attached hydrogen (secondary N) is 1. The predicted octanol–water partition coefficient (Wildman–Crippen LogP) is 3.90. The average Bonchev–Trinajstić information content (AvgIpc) is 3.27. The maximum absolute atomic E-state index is 14.2. The molecule has 0 radical (unpaired) electrons. The van der Waals surface area contributed by atoms with Crippen molar-refractivity contribution < 1.29 is 4.39 Å². The molecule has 5 aromatic rings. The molecule has 0 amide bonds. The van der Waals surface area contributed by atoms with E-state index in [4.69, 9.17) is 0 Å². The fraction of sp³-hybridized carbons (Fsp3) is 0.190. The minimum Gasteiger partial charge on any atom is -0.290 e. The SMILES string of the molecule is CC(C)n1c(=O)[nH]c2nc(-c3nn(Cc4ccccc4F)c4ncccc34)nc(I)c21. The van der Waals surface area contributed by atoms with Gasteiger partial charge in [0.2, 0.25) is 0 Å². The minimum absolute atomic E-state index is 0.0331. The first-order valence-electron chi connectivity index (χ1n) is 9.67. The van der Waals surface area contributed by atoms with Gasteiger partial charge < -0.3 is 0 Å². The molecule has 0 unspecified atom stereocenters. The zero-order valence-corrected chi connectivity index (χ0v) is 18.8. The Morgan fingerprint density at radius 1 is 1.16 bits per heavy atom. The van der Waals surface area contributed by atoms with Crippen LogP contribution in [-0.2, 0) is 6.54 Å². The largest absolute Gasteiger partial charge is 0.327 e. The molecule has 0 aliphatic carbocycles. The predicted molar refractivity (Wildman–Crippen MR) is 123 cm³/mol. The Morgan fingerprint density at radius 2 is 1.97 bits per heavy atom. The Bertz CT molecular complexity index is 1500. The topological polar surface area (TPSA) is 94.3 Å². The van der Waals surface area contributed by atoms with E-state index in [1.165, 1.54) is 6.07 Å². The van der Waals surface area contributed by atoms with Crippen LogP contribution in [0.25, 0.3) is 33.7 Å². The van der Waals surface area contributed by atoms with Gasteiger partial charge in [0.25, 0.3) is 0 Å². The normalized spacial score (nSPS) is 11.8. The lowest BCUT2D eigenvalue weighted by Gasteiger charge is -2.08. The summed E-state index contributed by atoms with van der Waals surface area (Å²) in [4.78, 5) is 28.9. The molecule has 0 aliphatic heterocycles. The number of hydrogen-bond acceptors (Lipinski definition) is 5. The lowest BCUT2D eigenvalue weighted by Crippen LogP contribution is -2.18. The number of halogens is 2. The second-order valence-electron chi connectivity index (χ2n) is 7.40. The van der Waals surface area contributed by atoms with Gasteiger partial charge in [-0.15, -0.1) is 0 Å². The van der Waals surface area contributed by atoms with Gasteiger partial charge in [-0.2, -0.15) is 5.10 Å². The number of hydrogen-bond donors (Lipinski definition) is 1. The van der Waals surface area contributed by atoms with Crippen LogP contribution in [0.5, 0.6) is 0 Å². The van der Waals surface area contributed by atoms with Crippen LogP contribution in [0.3, 0.4) is 0 Å². The zero-order valence-electron chi connectivity index (χ0n) is 16.7. The van der Waals surface area contributed by atoms with Crippen LogP contribution < -0.4 is 5.69 Å². The molecule has 31 heavy (non-hydrogen) atoms. The number of benzene rings is 1. The Hall–Kier alpha value is -3.15. The molecule has 0 saturated heterocycles. The van der Waals surface area contributed by atoms with E-state index in [9.17, 15) is 9.18 Å². The smallest absolute Gasteiger partial charge is 0.290 e. The molecular weight excluding hydrogens is 512 g/mol. The molecule has 0 saturated carbocycles.